The first-order valence-electron chi connectivity index (χ1n) is 5.44. The summed E-state index contributed by atoms with van der Waals surface area (Å²) in [5, 5.41) is 7.31. The second-order valence-corrected chi connectivity index (χ2v) is 4.06. The summed E-state index contributed by atoms with van der Waals surface area (Å²) >= 11 is 0. The molecule has 0 atom stereocenters. The van der Waals surface area contributed by atoms with E-state index in [2.05, 4.69) is 10.4 Å². The molecule has 1 aromatic heterocycles. The van der Waals surface area contributed by atoms with Crippen LogP contribution in [0.15, 0.2) is 24.4 Å². The fraction of sp³-hybridized carbons (Fsp3) is 0.167. The highest BCUT2D eigenvalue weighted by atomic mass is 16.1. The first kappa shape index (κ1) is 12.0. The van der Waals surface area contributed by atoms with Crippen LogP contribution in [0.5, 0.6) is 0 Å². The van der Waals surface area contributed by atoms with E-state index in [1.165, 1.54) is 0 Å². The van der Waals surface area contributed by atoms with Gasteiger partial charge in [-0.25, -0.2) is 0 Å². The van der Waals surface area contributed by atoms with Gasteiger partial charge in [-0.05, 0) is 19.1 Å². The standard InChI is InChI=1S/C12H15N5O/c1-7-10(6-17(2)16-7)15-11-8(12(14)18)4-3-5-9(11)13/h3-6,15H,13H2,1-2H3,(H2,14,18). The van der Waals surface area contributed by atoms with Gasteiger partial charge in [0.05, 0.1) is 28.3 Å². The Hall–Kier alpha value is -2.50. The highest BCUT2D eigenvalue weighted by Gasteiger charge is 2.13. The van der Waals surface area contributed by atoms with E-state index in [1.807, 2.05) is 20.2 Å². The van der Waals surface area contributed by atoms with E-state index in [-0.39, 0.29) is 0 Å². The Morgan fingerprint density at radius 3 is 2.72 bits per heavy atom. The summed E-state index contributed by atoms with van der Waals surface area (Å²) in [6, 6.07) is 5.03. The fourth-order valence-electron chi connectivity index (χ4n) is 1.77. The van der Waals surface area contributed by atoms with Crippen molar-refractivity contribution in [2.75, 3.05) is 11.1 Å². The van der Waals surface area contributed by atoms with Crippen LogP contribution in [0.3, 0.4) is 0 Å². The first-order chi connectivity index (χ1) is 8.49. The maximum atomic E-state index is 11.4. The lowest BCUT2D eigenvalue weighted by Crippen LogP contribution is -2.14. The minimum Gasteiger partial charge on any atom is -0.397 e. The number of hydrogen-bond acceptors (Lipinski definition) is 4. The van der Waals surface area contributed by atoms with Crippen molar-refractivity contribution in [1.82, 2.24) is 9.78 Å². The van der Waals surface area contributed by atoms with Crippen LogP contribution >= 0.6 is 0 Å². The third-order valence-corrected chi connectivity index (χ3v) is 2.64. The molecule has 94 valence electrons. The van der Waals surface area contributed by atoms with Gasteiger partial charge in [0, 0.05) is 13.2 Å². The quantitative estimate of drug-likeness (QED) is 0.706. The third kappa shape index (κ3) is 2.13. The summed E-state index contributed by atoms with van der Waals surface area (Å²) in [6.45, 7) is 1.87. The van der Waals surface area contributed by atoms with Crippen LogP contribution in [0.2, 0.25) is 0 Å². The number of aryl methyl sites for hydroxylation is 2. The number of nitrogens with one attached hydrogen (secondary N) is 1. The van der Waals surface area contributed by atoms with Gasteiger partial charge < -0.3 is 16.8 Å². The Kier molecular flexibility index (Phi) is 2.93. The van der Waals surface area contributed by atoms with E-state index in [0.717, 1.165) is 11.4 Å². The van der Waals surface area contributed by atoms with Crippen LogP contribution in [-0.4, -0.2) is 15.7 Å². The largest absolute Gasteiger partial charge is 0.397 e. The van der Waals surface area contributed by atoms with Crippen molar-refractivity contribution < 1.29 is 4.79 Å². The molecule has 0 bridgehead atoms. The number of aromatic nitrogens is 2. The first-order valence-corrected chi connectivity index (χ1v) is 5.44. The molecule has 6 nitrogen and oxygen atoms in total. The molecular weight excluding hydrogens is 230 g/mol. The van der Waals surface area contributed by atoms with E-state index >= 15 is 0 Å². The average Bonchev–Trinajstić information content (AvgIpc) is 2.60. The molecule has 0 aliphatic carbocycles. The van der Waals surface area contributed by atoms with Gasteiger partial charge >= 0.3 is 0 Å². The highest BCUT2D eigenvalue weighted by molar-refractivity contribution is 6.02. The summed E-state index contributed by atoms with van der Waals surface area (Å²) in [7, 11) is 1.82. The SMILES string of the molecule is Cc1nn(C)cc1Nc1c(N)cccc1C(N)=O. The van der Waals surface area contributed by atoms with Crippen molar-refractivity contribution in [2.24, 2.45) is 12.8 Å². The number of carbonyl (C=O) groups excluding carboxylic acids is 1. The number of carbonyl (C=O) groups is 1. The van der Waals surface area contributed by atoms with Gasteiger partial charge in [0.25, 0.3) is 5.91 Å². The monoisotopic (exact) mass is 245 g/mol. The van der Waals surface area contributed by atoms with Gasteiger partial charge in [0.1, 0.15) is 0 Å². The summed E-state index contributed by atoms with van der Waals surface area (Å²) in [6.07, 6.45) is 1.81. The molecule has 0 aliphatic heterocycles. The molecule has 5 N–H and O–H groups in total. The van der Waals surface area contributed by atoms with Crippen molar-refractivity contribution >= 4 is 23.0 Å². The molecule has 2 rings (SSSR count). The maximum Gasteiger partial charge on any atom is 0.250 e. The van der Waals surface area contributed by atoms with Crippen LogP contribution in [0, 0.1) is 6.92 Å². The number of rotatable bonds is 3. The number of benzene rings is 1. The Labute approximate surface area is 105 Å². The number of hydrogen-bond donors (Lipinski definition) is 3. The zero-order valence-corrected chi connectivity index (χ0v) is 10.3. The Morgan fingerprint density at radius 2 is 2.17 bits per heavy atom. The third-order valence-electron chi connectivity index (χ3n) is 2.64. The molecule has 1 aromatic carbocycles. The number of primary amides is 1. The lowest BCUT2D eigenvalue weighted by molar-refractivity contribution is 0.100. The topological polar surface area (TPSA) is 99.0 Å². The fourth-order valence-corrected chi connectivity index (χ4v) is 1.77. The number of nitrogen functional groups attached to an aromatic ring is 1. The van der Waals surface area contributed by atoms with Crippen molar-refractivity contribution in [3.63, 3.8) is 0 Å². The van der Waals surface area contributed by atoms with Gasteiger partial charge in [0.15, 0.2) is 0 Å². The van der Waals surface area contributed by atoms with Gasteiger partial charge in [-0.2, -0.15) is 5.10 Å². The van der Waals surface area contributed by atoms with Crippen molar-refractivity contribution in [1.29, 1.82) is 0 Å². The lowest BCUT2D eigenvalue weighted by Gasteiger charge is -2.11. The van der Waals surface area contributed by atoms with Gasteiger partial charge in [-0.15, -0.1) is 0 Å². The summed E-state index contributed by atoms with van der Waals surface area (Å²) in [4.78, 5) is 11.4. The second-order valence-electron chi connectivity index (χ2n) is 4.06. The molecular formula is C12H15N5O. The maximum absolute atomic E-state index is 11.4. The molecule has 1 heterocycles. The normalized spacial score (nSPS) is 10.3. The zero-order chi connectivity index (χ0) is 13.3. The van der Waals surface area contributed by atoms with E-state index in [1.54, 1.807) is 22.9 Å². The zero-order valence-electron chi connectivity index (χ0n) is 10.3. The number of nitrogens with zero attached hydrogens (tertiary/aromatic N) is 2. The summed E-state index contributed by atoms with van der Waals surface area (Å²) in [5.41, 5.74) is 14.1. The Bertz CT molecular complexity index is 603. The number of anilines is 3. The molecule has 1 amide bonds. The smallest absolute Gasteiger partial charge is 0.250 e. The minimum absolute atomic E-state index is 0.359. The molecule has 0 unspecified atom stereocenters. The van der Waals surface area contributed by atoms with E-state index in [0.29, 0.717) is 16.9 Å². The molecule has 18 heavy (non-hydrogen) atoms. The molecule has 6 heteroatoms. The molecule has 0 radical (unpaired) electrons. The highest BCUT2D eigenvalue weighted by Crippen LogP contribution is 2.28. The minimum atomic E-state index is -0.522. The summed E-state index contributed by atoms with van der Waals surface area (Å²) < 4.78 is 1.68. The Balaban J connectivity index is 2.45. The second kappa shape index (κ2) is 4.40. The predicted octanol–water partition coefficient (Wildman–Crippen LogP) is 1.15. The van der Waals surface area contributed by atoms with Gasteiger partial charge in [-0.1, -0.05) is 6.07 Å². The van der Waals surface area contributed by atoms with Crippen LogP contribution in [0.25, 0.3) is 0 Å². The molecule has 0 aliphatic rings. The van der Waals surface area contributed by atoms with E-state index in [9.17, 15) is 4.79 Å². The van der Waals surface area contributed by atoms with E-state index < -0.39 is 5.91 Å². The van der Waals surface area contributed by atoms with Crippen LogP contribution in [0.1, 0.15) is 16.1 Å². The van der Waals surface area contributed by atoms with Gasteiger partial charge in [0.2, 0.25) is 0 Å². The molecule has 0 spiro atoms. The van der Waals surface area contributed by atoms with Crippen molar-refractivity contribution in [3.05, 3.63) is 35.7 Å². The van der Waals surface area contributed by atoms with Gasteiger partial charge in [-0.3, -0.25) is 9.48 Å². The predicted molar refractivity (Wildman–Crippen MR) is 70.6 cm³/mol. The Morgan fingerprint density at radius 1 is 1.44 bits per heavy atom. The van der Waals surface area contributed by atoms with Crippen LogP contribution in [0.4, 0.5) is 17.1 Å². The van der Waals surface area contributed by atoms with Crippen LogP contribution in [-0.2, 0) is 7.05 Å². The number of para-hydroxylation sites is 1. The number of amides is 1. The summed E-state index contributed by atoms with van der Waals surface area (Å²) in [5.74, 6) is -0.522. The van der Waals surface area contributed by atoms with Crippen LogP contribution < -0.4 is 16.8 Å². The van der Waals surface area contributed by atoms with Crippen molar-refractivity contribution in [2.45, 2.75) is 6.92 Å². The number of nitrogens with two attached hydrogens (primary N) is 2. The molecule has 0 fully saturated rings. The molecule has 2 aromatic rings. The molecule has 0 saturated heterocycles. The lowest BCUT2D eigenvalue weighted by atomic mass is 10.1. The average molecular weight is 245 g/mol. The van der Waals surface area contributed by atoms with Crippen molar-refractivity contribution in [3.8, 4) is 0 Å². The van der Waals surface area contributed by atoms with E-state index in [4.69, 9.17) is 11.5 Å². The molecule has 0 saturated carbocycles.